The van der Waals surface area contributed by atoms with Gasteiger partial charge < -0.3 is 0 Å². The first-order valence-corrected chi connectivity index (χ1v) is 13.1. The molecule has 2 heterocycles. The molecule has 0 fully saturated rings. The van der Waals surface area contributed by atoms with E-state index in [1.165, 1.54) is 55.3 Å². The van der Waals surface area contributed by atoms with Crippen molar-refractivity contribution in [2.75, 3.05) is 0 Å². The van der Waals surface area contributed by atoms with Crippen LogP contribution in [0.4, 0.5) is 0 Å². The highest BCUT2D eigenvalue weighted by molar-refractivity contribution is 6.15. The number of hydrogen-bond donors (Lipinski definition) is 0. The summed E-state index contributed by atoms with van der Waals surface area (Å²) in [7, 11) is 0. The number of rotatable bonds is 2. The van der Waals surface area contributed by atoms with Gasteiger partial charge in [0.15, 0.2) is 0 Å². The smallest absolute Gasteiger partial charge is 0.0974 e. The molecule has 0 amide bonds. The summed E-state index contributed by atoms with van der Waals surface area (Å²) in [5.41, 5.74) is 14.1. The van der Waals surface area contributed by atoms with Crippen molar-refractivity contribution in [3.05, 3.63) is 121 Å². The number of hydrogen-bond acceptors (Lipinski definition) is 2. The van der Waals surface area contributed by atoms with Gasteiger partial charge in [-0.1, -0.05) is 84.9 Å². The van der Waals surface area contributed by atoms with E-state index in [2.05, 4.69) is 116 Å². The lowest BCUT2D eigenvalue weighted by atomic mass is 9.93. The number of pyridine rings is 2. The average molecular weight is 485 g/mol. The van der Waals surface area contributed by atoms with Crippen LogP contribution in [0.1, 0.15) is 11.4 Å². The molecule has 38 heavy (non-hydrogen) atoms. The second-order valence-electron chi connectivity index (χ2n) is 10.3. The maximum Gasteiger partial charge on any atom is 0.0974 e. The van der Waals surface area contributed by atoms with Crippen molar-refractivity contribution in [3.63, 3.8) is 0 Å². The van der Waals surface area contributed by atoms with Crippen molar-refractivity contribution in [2.24, 2.45) is 0 Å². The zero-order valence-corrected chi connectivity index (χ0v) is 21.3. The van der Waals surface area contributed by atoms with Gasteiger partial charge in [-0.25, -0.2) is 0 Å². The molecule has 0 saturated heterocycles. The Morgan fingerprint density at radius 1 is 0.421 bits per heavy atom. The first-order valence-electron chi connectivity index (χ1n) is 13.1. The van der Waals surface area contributed by atoms with Crippen LogP contribution in [0.2, 0.25) is 0 Å². The van der Waals surface area contributed by atoms with Crippen molar-refractivity contribution < 1.29 is 0 Å². The van der Waals surface area contributed by atoms with Gasteiger partial charge in [0.1, 0.15) is 0 Å². The van der Waals surface area contributed by atoms with Gasteiger partial charge in [0.2, 0.25) is 0 Å². The van der Waals surface area contributed by atoms with Crippen LogP contribution in [0.3, 0.4) is 0 Å². The molecule has 8 rings (SSSR count). The molecule has 0 saturated carbocycles. The minimum atomic E-state index is 0.968. The third-order valence-corrected chi connectivity index (χ3v) is 7.92. The number of aryl methyl sites for hydroxylation is 2. The molecule has 5 aromatic carbocycles. The van der Waals surface area contributed by atoms with Crippen LogP contribution in [0, 0.1) is 13.8 Å². The van der Waals surface area contributed by atoms with Crippen LogP contribution in [-0.2, 0) is 0 Å². The summed E-state index contributed by atoms with van der Waals surface area (Å²) in [4.78, 5) is 9.78. The Bertz CT molecular complexity index is 2100. The number of benzene rings is 5. The molecule has 0 spiro atoms. The second-order valence-corrected chi connectivity index (χ2v) is 10.3. The Morgan fingerprint density at radius 3 is 2.00 bits per heavy atom. The number of aromatic nitrogens is 2. The summed E-state index contributed by atoms with van der Waals surface area (Å²) in [6.45, 7) is 4.11. The van der Waals surface area contributed by atoms with E-state index in [0.717, 1.165) is 33.2 Å². The lowest BCUT2D eigenvalue weighted by molar-refractivity contribution is 1.23. The summed E-state index contributed by atoms with van der Waals surface area (Å²) in [5, 5.41) is 4.92. The van der Waals surface area contributed by atoms with Crippen molar-refractivity contribution in [1.82, 2.24) is 9.97 Å². The van der Waals surface area contributed by atoms with E-state index in [0.29, 0.717) is 0 Å². The van der Waals surface area contributed by atoms with Crippen molar-refractivity contribution in [3.8, 4) is 44.5 Å². The summed E-state index contributed by atoms with van der Waals surface area (Å²) >= 11 is 0. The van der Waals surface area contributed by atoms with Gasteiger partial charge in [0.05, 0.1) is 11.0 Å². The minimum Gasteiger partial charge on any atom is -0.251 e. The molecule has 178 valence electrons. The van der Waals surface area contributed by atoms with Crippen LogP contribution < -0.4 is 0 Å². The summed E-state index contributed by atoms with van der Waals surface area (Å²) < 4.78 is 0. The molecular formula is C36H24N2. The lowest BCUT2D eigenvalue weighted by Crippen LogP contribution is -1.93. The molecule has 0 unspecified atom stereocenters. The van der Waals surface area contributed by atoms with E-state index >= 15 is 0 Å². The third-order valence-electron chi connectivity index (χ3n) is 7.92. The molecule has 1 aliphatic rings. The molecule has 2 nitrogen and oxygen atoms in total. The predicted octanol–water partition coefficient (Wildman–Crippen LogP) is 9.53. The zero-order valence-electron chi connectivity index (χ0n) is 21.3. The second kappa shape index (κ2) is 7.84. The fourth-order valence-electron chi connectivity index (χ4n) is 6.17. The number of fused-ring (bicyclic) bond motifs is 6. The van der Waals surface area contributed by atoms with Crippen LogP contribution in [0.25, 0.3) is 77.1 Å². The molecule has 0 atom stereocenters. The lowest BCUT2D eigenvalue weighted by Gasteiger charge is -2.12. The Balaban J connectivity index is 1.30. The molecule has 1 aliphatic carbocycles. The largest absolute Gasteiger partial charge is 0.251 e. The molecular weight excluding hydrogens is 460 g/mol. The summed E-state index contributed by atoms with van der Waals surface area (Å²) in [6, 6.07) is 39.8. The highest BCUT2D eigenvalue weighted by atomic mass is 14.8. The Kier molecular flexibility index (Phi) is 4.39. The van der Waals surface area contributed by atoms with Gasteiger partial charge in [-0.05, 0) is 93.4 Å². The SMILES string of the molecule is Cc1ccc2ccc3c(-c4cccc(-c5ccc6c(c5)-c5cccc7cccc-6c57)c4)cc(C)nc3c2n1. The first-order chi connectivity index (χ1) is 18.6. The quantitative estimate of drug-likeness (QED) is 0.228. The van der Waals surface area contributed by atoms with E-state index in [1.54, 1.807) is 0 Å². The van der Waals surface area contributed by atoms with E-state index in [4.69, 9.17) is 9.97 Å². The molecule has 2 aromatic heterocycles. The molecule has 0 bridgehead atoms. The maximum absolute atomic E-state index is 4.93. The molecule has 7 aromatic rings. The minimum absolute atomic E-state index is 0.968. The average Bonchev–Trinajstić information content (AvgIpc) is 3.27. The fraction of sp³-hybridized carbons (Fsp3) is 0.0556. The van der Waals surface area contributed by atoms with Gasteiger partial charge in [-0.3, -0.25) is 9.97 Å². The summed E-state index contributed by atoms with van der Waals surface area (Å²) in [5.74, 6) is 0. The van der Waals surface area contributed by atoms with E-state index in [9.17, 15) is 0 Å². The Morgan fingerprint density at radius 2 is 1.13 bits per heavy atom. The monoisotopic (exact) mass is 484 g/mol. The van der Waals surface area contributed by atoms with E-state index in [1.807, 2.05) is 6.92 Å². The summed E-state index contributed by atoms with van der Waals surface area (Å²) in [6.07, 6.45) is 0. The highest BCUT2D eigenvalue weighted by Gasteiger charge is 2.21. The maximum atomic E-state index is 4.93. The zero-order chi connectivity index (χ0) is 25.4. The van der Waals surface area contributed by atoms with Crippen LogP contribution in [0.5, 0.6) is 0 Å². The number of nitrogens with zero attached hydrogens (tertiary/aromatic N) is 2. The van der Waals surface area contributed by atoms with E-state index in [-0.39, 0.29) is 0 Å². The first kappa shape index (κ1) is 21.3. The van der Waals surface area contributed by atoms with Gasteiger partial charge in [0, 0.05) is 22.2 Å². The van der Waals surface area contributed by atoms with Crippen LogP contribution in [-0.4, -0.2) is 9.97 Å². The molecule has 0 radical (unpaired) electrons. The third kappa shape index (κ3) is 3.07. The fourth-order valence-corrected chi connectivity index (χ4v) is 6.17. The molecule has 0 N–H and O–H groups in total. The van der Waals surface area contributed by atoms with Crippen molar-refractivity contribution in [2.45, 2.75) is 13.8 Å². The Labute approximate surface area is 221 Å². The molecule has 0 aliphatic heterocycles. The molecule has 2 heteroatoms. The van der Waals surface area contributed by atoms with E-state index < -0.39 is 0 Å². The predicted molar refractivity (Wildman–Crippen MR) is 159 cm³/mol. The Hall–Kier alpha value is -4.82. The standard InChI is InChI=1S/C36H24N2/c1-21-12-13-24-14-17-31-32(18-22(2)38-36(31)35(24)37-21)27-9-3-8-25(19-27)26-15-16-28-29-10-4-6-23-7-5-11-30(34(23)29)33(28)20-26/h3-20H,1-2H3. The van der Waals surface area contributed by atoms with Gasteiger partial charge >= 0.3 is 0 Å². The van der Waals surface area contributed by atoms with Gasteiger partial charge in [0.25, 0.3) is 0 Å². The van der Waals surface area contributed by atoms with Crippen molar-refractivity contribution >= 4 is 32.6 Å². The van der Waals surface area contributed by atoms with Gasteiger partial charge in [-0.2, -0.15) is 0 Å². The van der Waals surface area contributed by atoms with Crippen molar-refractivity contribution in [1.29, 1.82) is 0 Å². The normalized spacial score (nSPS) is 11.9. The van der Waals surface area contributed by atoms with Crippen LogP contribution >= 0.6 is 0 Å². The van der Waals surface area contributed by atoms with Gasteiger partial charge in [-0.15, -0.1) is 0 Å². The highest BCUT2D eigenvalue weighted by Crippen LogP contribution is 2.48. The van der Waals surface area contributed by atoms with Crippen LogP contribution in [0.15, 0.2) is 109 Å². The topological polar surface area (TPSA) is 25.8 Å².